The minimum absolute atomic E-state index is 0.152. The standard InChI is InChI=1S/C10H18N4O6/c11-5(8(17)18)2-1-3-13-10(12)14-6(9(19)20)4-7(15)16/h5-6H,1-4,11H2,(H,15,16)(H,17,18)(H,19,20)(H3,12,13,14)/t5-,6-/m0/s1/i4+1,6+1,7+1,9+1. The SMILES string of the molecule is NC(=NCCC[C@H](N)C(=O)O)N[13C@@H]([13CH2][13C](=O)O)[13C](=O)O. The molecule has 0 aliphatic heterocycles. The van der Waals surface area contributed by atoms with Crippen LogP contribution in [0.5, 0.6) is 0 Å². The Labute approximate surface area is 114 Å². The van der Waals surface area contributed by atoms with Gasteiger partial charge in [0.25, 0.3) is 0 Å². The number of guanidine groups is 1. The van der Waals surface area contributed by atoms with Gasteiger partial charge in [-0.05, 0) is 12.8 Å². The fourth-order valence-corrected chi connectivity index (χ4v) is 1.23. The highest BCUT2D eigenvalue weighted by Gasteiger charge is 2.21. The van der Waals surface area contributed by atoms with Gasteiger partial charge >= 0.3 is 17.9 Å². The van der Waals surface area contributed by atoms with Gasteiger partial charge in [0.15, 0.2) is 5.96 Å². The van der Waals surface area contributed by atoms with E-state index in [0.29, 0.717) is 6.42 Å². The molecule has 114 valence electrons. The number of nitrogens with two attached hydrogens (primary N) is 2. The highest BCUT2D eigenvalue weighted by Crippen LogP contribution is 1.96. The van der Waals surface area contributed by atoms with Gasteiger partial charge in [-0.2, -0.15) is 0 Å². The summed E-state index contributed by atoms with van der Waals surface area (Å²) >= 11 is 0. The molecule has 20 heavy (non-hydrogen) atoms. The Morgan fingerprint density at radius 2 is 1.75 bits per heavy atom. The molecule has 0 aromatic rings. The number of aliphatic carboxylic acids is 3. The summed E-state index contributed by atoms with van der Waals surface area (Å²) in [7, 11) is 0. The third kappa shape index (κ3) is 7.87. The molecule has 0 amide bonds. The second-order valence-corrected chi connectivity index (χ2v) is 3.99. The number of hydrogen-bond donors (Lipinski definition) is 6. The molecular formula is C10H18N4O6. The van der Waals surface area contributed by atoms with E-state index in [1.165, 1.54) is 0 Å². The fourth-order valence-electron chi connectivity index (χ4n) is 1.23. The molecule has 0 unspecified atom stereocenters. The average Bonchev–Trinajstić information content (AvgIpc) is 2.32. The lowest BCUT2D eigenvalue weighted by molar-refractivity contribution is -0.145. The van der Waals surface area contributed by atoms with E-state index in [-0.39, 0.29) is 18.9 Å². The van der Waals surface area contributed by atoms with Crippen molar-refractivity contribution >= 4 is 23.9 Å². The normalized spacial score (nSPS) is 14.3. The van der Waals surface area contributed by atoms with Crippen molar-refractivity contribution < 1.29 is 29.7 Å². The molecule has 0 aromatic heterocycles. The van der Waals surface area contributed by atoms with Crippen molar-refractivity contribution in [3.63, 3.8) is 0 Å². The zero-order valence-corrected chi connectivity index (χ0v) is 10.7. The molecule has 0 heterocycles. The Kier molecular flexibility index (Phi) is 7.67. The molecule has 0 rings (SSSR count). The number of rotatable bonds is 9. The molecule has 0 saturated carbocycles. The van der Waals surface area contributed by atoms with Crippen LogP contribution in [-0.4, -0.2) is 57.8 Å². The van der Waals surface area contributed by atoms with E-state index in [0.717, 1.165) is 0 Å². The van der Waals surface area contributed by atoms with Crippen LogP contribution < -0.4 is 16.8 Å². The van der Waals surface area contributed by atoms with E-state index in [9.17, 15) is 14.4 Å². The fraction of sp³-hybridized carbons (Fsp3) is 0.600. The highest BCUT2D eigenvalue weighted by molar-refractivity contribution is 5.87. The first-order chi connectivity index (χ1) is 9.23. The van der Waals surface area contributed by atoms with Crippen LogP contribution in [0.3, 0.4) is 0 Å². The summed E-state index contributed by atoms with van der Waals surface area (Å²) in [5.74, 6) is -3.99. The number of carboxylic acid groups (broad SMARTS) is 3. The molecule has 0 fully saturated rings. The zero-order chi connectivity index (χ0) is 15.7. The second-order valence-electron chi connectivity index (χ2n) is 3.99. The average molecular weight is 294 g/mol. The molecule has 0 aliphatic rings. The van der Waals surface area contributed by atoms with Crippen LogP contribution in [0, 0.1) is 0 Å². The predicted molar refractivity (Wildman–Crippen MR) is 68.1 cm³/mol. The summed E-state index contributed by atoms with van der Waals surface area (Å²) in [6, 6.07) is -2.37. The Bertz CT molecular complexity index is 397. The maximum absolute atomic E-state index is 10.7. The Hall–Kier alpha value is -2.36. The van der Waals surface area contributed by atoms with E-state index < -0.39 is 36.4 Å². The Morgan fingerprint density at radius 3 is 2.20 bits per heavy atom. The smallest absolute Gasteiger partial charge is 0.326 e. The quantitative estimate of drug-likeness (QED) is 0.121. The molecule has 0 spiro atoms. The van der Waals surface area contributed by atoms with Crippen molar-refractivity contribution in [3.05, 3.63) is 0 Å². The van der Waals surface area contributed by atoms with Crippen LogP contribution in [0.25, 0.3) is 0 Å². The molecule has 10 nitrogen and oxygen atoms in total. The summed E-state index contributed by atoms with van der Waals surface area (Å²) in [5, 5.41) is 28.1. The van der Waals surface area contributed by atoms with Gasteiger partial charge < -0.3 is 32.1 Å². The third-order valence-electron chi connectivity index (χ3n) is 2.27. The summed E-state index contributed by atoms with van der Waals surface area (Å²) < 4.78 is 0. The molecule has 0 saturated heterocycles. The van der Waals surface area contributed by atoms with E-state index in [1.54, 1.807) is 0 Å². The maximum atomic E-state index is 10.7. The van der Waals surface area contributed by atoms with Crippen molar-refractivity contribution in [1.82, 2.24) is 5.32 Å². The molecule has 10 heteroatoms. The molecular weight excluding hydrogens is 276 g/mol. The molecule has 8 N–H and O–H groups in total. The van der Waals surface area contributed by atoms with Crippen molar-refractivity contribution in [2.24, 2.45) is 16.5 Å². The molecule has 0 radical (unpaired) electrons. The van der Waals surface area contributed by atoms with Crippen molar-refractivity contribution in [1.29, 1.82) is 0 Å². The number of carboxylic acids is 3. The lowest BCUT2D eigenvalue weighted by atomic mass is 10.2. The first-order valence-electron chi connectivity index (χ1n) is 5.73. The topological polar surface area (TPSA) is 188 Å². The van der Waals surface area contributed by atoms with Gasteiger partial charge in [0.2, 0.25) is 0 Å². The largest absolute Gasteiger partial charge is 0.481 e. The van der Waals surface area contributed by atoms with Gasteiger partial charge in [-0.1, -0.05) is 0 Å². The number of carbonyl (C=O) groups is 3. The van der Waals surface area contributed by atoms with Gasteiger partial charge in [0.05, 0.1) is 6.42 Å². The number of hydrogen-bond acceptors (Lipinski definition) is 5. The van der Waals surface area contributed by atoms with E-state index in [4.69, 9.17) is 26.8 Å². The van der Waals surface area contributed by atoms with Crippen LogP contribution >= 0.6 is 0 Å². The number of nitrogens with zero attached hydrogens (tertiary/aromatic N) is 1. The van der Waals surface area contributed by atoms with Gasteiger partial charge in [-0.3, -0.25) is 14.6 Å². The minimum atomic E-state index is -1.38. The van der Waals surface area contributed by atoms with Gasteiger partial charge in [0, 0.05) is 6.54 Å². The summed E-state index contributed by atoms with van der Waals surface area (Å²) in [6.07, 6.45) is -0.0917. The summed E-state index contributed by atoms with van der Waals surface area (Å²) in [6.45, 7) is 0.152. The van der Waals surface area contributed by atoms with Crippen molar-refractivity contribution in [2.45, 2.75) is 31.3 Å². The monoisotopic (exact) mass is 294 g/mol. The van der Waals surface area contributed by atoms with E-state index in [1.807, 2.05) is 0 Å². The minimum Gasteiger partial charge on any atom is -0.481 e. The first kappa shape index (κ1) is 17.6. The van der Waals surface area contributed by atoms with Crippen molar-refractivity contribution in [2.75, 3.05) is 6.54 Å². The lowest BCUT2D eigenvalue weighted by Crippen LogP contribution is -2.45. The molecule has 0 aromatic carbocycles. The van der Waals surface area contributed by atoms with Crippen LogP contribution in [-0.2, 0) is 14.4 Å². The summed E-state index contributed by atoms with van der Waals surface area (Å²) in [4.78, 5) is 35.4. The Balaban J connectivity index is 4.19. The van der Waals surface area contributed by atoms with Crippen molar-refractivity contribution in [3.8, 4) is 0 Å². The predicted octanol–water partition coefficient (Wildman–Crippen LogP) is -1.99. The van der Waals surface area contributed by atoms with Gasteiger partial charge in [-0.15, -0.1) is 0 Å². The van der Waals surface area contributed by atoms with Crippen LogP contribution in [0.15, 0.2) is 4.99 Å². The zero-order valence-electron chi connectivity index (χ0n) is 10.7. The van der Waals surface area contributed by atoms with E-state index in [2.05, 4.69) is 10.3 Å². The van der Waals surface area contributed by atoms with Crippen LogP contribution in [0.2, 0.25) is 0 Å². The van der Waals surface area contributed by atoms with Crippen LogP contribution in [0.4, 0.5) is 0 Å². The lowest BCUT2D eigenvalue weighted by Gasteiger charge is -2.12. The third-order valence-corrected chi connectivity index (χ3v) is 2.27. The summed E-state index contributed by atoms with van der Waals surface area (Å²) in [5.41, 5.74) is 10.7. The number of aliphatic imine (C=N–C) groups is 1. The maximum Gasteiger partial charge on any atom is 0.326 e. The molecule has 2 atom stereocenters. The van der Waals surface area contributed by atoms with Gasteiger partial charge in [0.1, 0.15) is 12.1 Å². The highest BCUT2D eigenvalue weighted by atomic mass is 16.5. The van der Waals surface area contributed by atoms with Crippen LogP contribution in [0.1, 0.15) is 19.3 Å². The van der Waals surface area contributed by atoms with Gasteiger partial charge in [-0.25, -0.2) is 4.79 Å². The molecule has 0 bridgehead atoms. The van der Waals surface area contributed by atoms with E-state index >= 15 is 0 Å². The molecule has 0 aliphatic carbocycles. The first-order valence-corrected chi connectivity index (χ1v) is 5.73. The second kappa shape index (κ2) is 8.69. The number of nitrogens with one attached hydrogen (secondary N) is 1. The Morgan fingerprint density at radius 1 is 1.15 bits per heavy atom.